The molecule has 2 aromatic heterocycles. The average Bonchev–Trinajstić information content (AvgIpc) is 2.75. The van der Waals surface area contributed by atoms with Gasteiger partial charge in [0.2, 0.25) is 0 Å². The molecular weight excluding hydrogens is 210 g/mol. The highest BCUT2D eigenvalue weighted by atomic mass is 32.1. The molecular formula is C10H13N3OS. The smallest absolute Gasteiger partial charge is 0.102 e. The molecule has 0 fully saturated rings. The van der Waals surface area contributed by atoms with Crippen LogP contribution in [0, 0.1) is 6.92 Å². The van der Waals surface area contributed by atoms with Crippen LogP contribution in [0.5, 0.6) is 0 Å². The van der Waals surface area contributed by atoms with Crippen molar-refractivity contribution in [3.63, 3.8) is 0 Å². The van der Waals surface area contributed by atoms with Crippen molar-refractivity contribution < 1.29 is 5.11 Å². The number of hydrogen-bond acceptors (Lipinski definition) is 4. The van der Waals surface area contributed by atoms with Crippen LogP contribution in [0.25, 0.3) is 0 Å². The molecule has 0 bridgehead atoms. The molecule has 2 aromatic rings. The second-order valence-electron chi connectivity index (χ2n) is 3.48. The minimum Gasteiger partial charge on any atom is -0.386 e. The van der Waals surface area contributed by atoms with E-state index in [0.717, 1.165) is 16.4 Å². The number of aliphatic hydroxyl groups is 1. The largest absolute Gasteiger partial charge is 0.386 e. The summed E-state index contributed by atoms with van der Waals surface area (Å²) in [7, 11) is 1.83. The van der Waals surface area contributed by atoms with Crippen LogP contribution >= 0.6 is 11.3 Å². The number of thiazole rings is 1. The van der Waals surface area contributed by atoms with E-state index < -0.39 is 6.10 Å². The van der Waals surface area contributed by atoms with Crippen LogP contribution in [0.1, 0.15) is 22.5 Å². The topological polar surface area (TPSA) is 50.9 Å². The second-order valence-corrected chi connectivity index (χ2v) is 4.42. The summed E-state index contributed by atoms with van der Waals surface area (Å²) in [6.07, 6.45) is 1.71. The molecule has 80 valence electrons. The molecule has 0 aliphatic carbocycles. The molecule has 0 aliphatic rings. The molecule has 0 spiro atoms. The predicted molar refractivity (Wildman–Crippen MR) is 58.7 cm³/mol. The van der Waals surface area contributed by atoms with Crippen molar-refractivity contribution in [3.8, 4) is 0 Å². The van der Waals surface area contributed by atoms with Gasteiger partial charge in [-0.3, -0.25) is 4.68 Å². The highest BCUT2D eigenvalue weighted by Crippen LogP contribution is 2.19. The van der Waals surface area contributed by atoms with Crippen molar-refractivity contribution in [1.29, 1.82) is 0 Å². The van der Waals surface area contributed by atoms with E-state index in [-0.39, 0.29) is 0 Å². The van der Waals surface area contributed by atoms with Gasteiger partial charge in [0.15, 0.2) is 0 Å². The number of rotatable bonds is 3. The van der Waals surface area contributed by atoms with E-state index in [9.17, 15) is 5.11 Å². The number of nitrogens with zero attached hydrogens (tertiary/aromatic N) is 3. The molecule has 2 rings (SSSR count). The lowest BCUT2D eigenvalue weighted by molar-refractivity contribution is 0.168. The second kappa shape index (κ2) is 4.12. The van der Waals surface area contributed by atoms with Gasteiger partial charge in [-0.25, -0.2) is 4.98 Å². The quantitative estimate of drug-likeness (QED) is 0.857. The van der Waals surface area contributed by atoms with E-state index in [4.69, 9.17) is 0 Å². The summed E-state index contributed by atoms with van der Waals surface area (Å²) in [5.74, 6) is 0. The third-order valence-electron chi connectivity index (χ3n) is 2.23. The first-order chi connectivity index (χ1) is 7.16. The molecule has 0 saturated heterocycles. The minimum absolute atomic E-state index is 0.525. The maximum atomic E-state index is 9.96. The maximum absolute atomic E-state index is 9.96. The molecule has 0 aromatic carbocycles. The minimum atomic E-state index is -0.525. The molecule has 1 N–H and O–H groups in total. The Hall–Kier alpha value is -1.20. The van der Waals surface area contributed by atoms with Gasteiger partial charge in [-0.1, -0.05) is 0 Å². The van der Waals surface area contributed by atoms with Crippen molar-refractivity contribution >= 4 is 11.3 Å². The zero-order valence-corrected chi connectivity index (χ0v) is 9.53. The Kier molecular flexibility index (Phi) is 2.83. The number of aliphatic hydroxyl groups excluding tert-OH is 1. The van der Waals surface area contributed by atoms with Crippen LogP contribution in [0.3, 0.4) is 0 Å². The summed E-state index contributed by atoms with van der Waals surface area (Å²) in [5.41, 5.74) is 1.83. The van der Waals surface area contributed by atoms with Crippen molar-refractivity contribution in [3.05, 3.63) is 34.0 Å². The first-order valence-electron chi connectivity index (χ1n) is 4.74. The summed E-state index contributed by atoms with van der Waals surface area (Å²) in [6, 6.07) is 1.82. The summed E-state index contributed by atoms with van der Waals surface area (Å²) in [4.78, 5) is 4.32. The number of hydrogen-bond donors (Lipinski definition) is 1. The molecule has 1 unspecified atom stereocenters. The van der Waals surface area contributed by atoms with Gasteiger partial charge >= 0.3 is 0 Å². The van der Waals surface area contributed by atoms with E-state index in [1.807, 2.05) is 25.4 Å². The van der Waals surface area contributed by atoms with Crippen LogP contribution < -0.4 is 0 Å². The molecule has 15 heavy (non-hydrogen) atoms. The summed E-state index contributed by atoms with van der Waals surface area (Å²) < 4.78 is 1.69. The lowest BCUT2D eigenvalue weighted by Crippen LogP contribution is -2.07. The van der Waals surface area contributed by atoms with E-state index in [1.54, 1.807) is 22.2 Å². The number of aryl methyl sites for hydroxylation is 2. The third kappa shape index (κ3) is 2.24. The van der Waals surface area contributed by atoms with Gasteiger partial charge in [0.05, 0.1) is 10.7 Å². The molecule has 4 nitrogen and oxygen atoms in total. The zero-order chi connectivity index (χ0) is 10.8. The Morgan fingerprint density at radius 3 is 2.93 bits per heavy atom. The normalized spacial score (nSPS) is 13.0. The Bertz CT molecular complexity index is 449. The van der Waals surface area contributed by atoms with Gasteiger partial charge in [-0.15, -0.1) is 11.3 Å². The van der Waals surface area contributed by atoms with Gasteiger partial charge in [-0.05, 0) is 13.0 Å². The fraction of sp³-hybridized carbons (Fsp3) is 0.400. The van der Waals surface area contributed by atoms with Gasteiger partial charge in [-0.2, -0.15) is 5.10 Å². The fourth-order valence-electron chi connectivity index (χ4n) is 1.48. The highest BCUT2D eigenvalue weighted by Gasteiger charge is 2.13. The Morgan fingerprint density at radius 1 is 1.60 bits per heavy atom. The lowest BCUT2D eigenvalue weighted by Gasteiger charge is -2.08. The predicted octanol–water partition coefficient (Wildman–Crippen LogP) is 1.46. The van der Waals surface area contributed by atoms with Crippen LogP contribution in [-0.2, 0) is 13.5 Å². The lowest BCUT2D eigenvalue weighted by atomic mass is 10.2. The first kappa shape index (κ1) is 10.3. The Balaban J connectivity index is 2.10. The van der Waals surface area contributed by atoms with Crippen LogP contribution in [0.15, 0.2) is 17.6 Å². The molecule has 2 heterocycles. The van der Waals surface area contributed by atoms with Crippen LogP contribution in [-0.4, -0.2) is 19.9 Å². The highest BCUT2D eigenvalue weighted by molar-refractivity contribution is 7.09. The first-order valence-corrected chi connectivity index (χ1v) is 5.62. The van der Waals surface area contributed by atoms with E-state index in [1.165, 1.54) is 0 Å². The molecule has 0 aliphatic heterocycles. The fourth-order valence-corrected chi connectivity index (χ4v) is 2.29. The van der Waals surface area contributed by atoms with E-state index >= 15 is 0 Å². The standard InChI is InChI=1S/C10H13N3OS/c1-7-6-15-10(12-7)5-9(14)8-3-4-11-13(8)2/h3-4,6,9,14H,5H2,1-2H3. The summed E-state index contributed by atoms with van der Waals surface area (Å²) in [5, 5.41) is 16.9. The zero-order valence-electron chi connectivity index (χ0n) is 8.71. The van der Waals surface area contributed by atoms with Gasteiger partial charge in [0.25, 0.3) is 0 Å². The van der Waals surface area contributed by atoms with Crippen LogP contribution in [0.4, 0.5) is 0 Å². The third-order valence-corrected chi connectivity index (χ3v) is 3.22. The van der Waals surface area contributed by atoms with Gasteiger partial charge < -0.3 is 5.11 Å². The van der Waals surface area contributed by atoms with Gasteiger partial charge in [0, 0.05) is 30.7 Å². The maximum Gasteiger partial charge on any atom is 0.102 e. The van der Waals surface area contributed by atoms with E-state index in [2.05, 4.69) is 10.1 Å². The molecule has 0 amide bonds. The Labute approximate surface area is 92.2 Å². The number of aromatic nitrogens is 3. The SMILES string of the molecule is Cc1csc(CC(O)c2ccnn2C)n1. The van der Waals surface area contributed by atoms with E-state index in [0.29, 0.717) is 6.42 Å². The van der Waals surface area contributed by atoms with Gasteiger partial charge in [0.1, 0.15) is 6.10 Å². The Morgan fingerprint density at radius 2 is 2.40 bits per heavy atom. The molecule has 1 atom stereocenters. The average molecular weight is 223 g/mol. The van der Waals surface area contributed by atoms with Crippen molar-refractivity contribution in [2.75, 3.05) is 0 Å². The molecule has 5 heteroatoms. The molecule has 0 saturated carbocycles. The monoisotopic (exact) mass is 223 g/mol. The van der Waals surface area contributed by atoms with Crippen molar-refractivity contribution in [1.82, 2.24) is 14.8 Å². The van der Waals surface area contributed by atoms with Crippen molar-refractivity contribution in [2.45, 2.75) is 19.4 Å². The molecule has 0 radical (unpaired) electrons. The summed E-state index contributed by atoms with van der Waals surface area (Å²) in [6.45, 7) is 1.95. The van der Waals surface area contributed by atoms with Crippen LogP contribution in [0.2, 0.25) is 0 Å². The van der Waals surface area contributed by atoms with Crippen molar-refractivity contribution in [2.24, 2.45) is 7.05 Å². The summed E-state index contributed by atoms with van der Waals surface area (Å²) >= 11 is 1.58.